The van der Waals surface area contributed by atoms with Gasteiger partial charge in [0.05, 0.1) is 24.9 Å². The normalized spacial score (nSPS) is 53.9. The lowest BCUT2D eigenvalue weighted by Crippen LogP contribution is -2.69. The van der Waals surface area contributed by atoms with E-state index < -0.39 is 187 Å². The van der Waals surface area contributed by atoms with Crippen molar-refractivity contribution in [2.75, 3.05) is 6.61 Å². The Morgan fingerprint density at radius 3 is 1.65 bits per heavy atom. The van der Waals surface area contributed by atoms with Crippen LogP contribution in [0.5, 0.6) is 0 Å². The Kier molecular flexibility index (Phi) is 16.2. The minimum absolute atomic E-state index is 0.000575. The average Bonchev–Trinajstić information content (AvgIpc) is 1.74. The van der Waals surface area contributed by atoms with E-state index in [1.54, 1.807) is 0 Å². The maximum absolute atomic E-state index is 15.4. The zero-order chi connectivity index (χ0) is 57.5. The van der Waals surface area contributed by atoms with E-state index >= 15 is 4.79 Å². The molecule has 0 aromatic heterocycles. The zero-order valence-electron chi connectivity index (χ0n) is 45.7. The number of carboxylic acids is 2. The van der Waals surface area contributed by atoms with Crippen molar-refractivity contribution >= 4 is 17.7 Å². The van der Waals surface area contributed by atoms with Crippen LogP contribution in [0.15, 0.2) is 11.6 Å². The van der Waals surface area contributed by atoms with Crippen LogP contribution in [0.4, 0.5) is 0 Å². The van der Waals surface area contributed by atoms with Crippen molar-refractivity contribution in [1.82, 2.24) is 0 Å². The summed E-state index contributed by atoms with van der Waals surface area (Å²) in [5, 5.41) is 139. The molecule has 24 heteroatoms. The minimum atomic E-state index is -2.18. The smallest absolute Gasteiger partial charge is 0.335 e. The quantitative estimate of drug-likeness (QED) is 0.108. The van der Waals surface area contributed by atoms with Gasteiger partial charge >= 0.3 is 11.9 Å². The van der Waals surface area contributed by atoms with Crippen LogP contribution >= 0.6 is 0 Å². The molecule has 78 heavy (non-hydrogen) atoms. The standard InChI is InChI=1S/C54H84O24/c1-20-28(57)30(59)36(65)45(71-20)77-41-35(64)33(62)39(44(69)70)76-48(41)78-40-34(63)32(61)38(43(67)68)75-47(40)73-26-11-12-52(7)25(50(26,4)5)10-13-54(9)42(52)23(56)16-21-22-17-49(2,3)18-27(51(22,6)14-15-53(21,54)8)74-46-37(66)31(60)29(58)24(19-55)72-46/h16,20,22,24-42,45-48,55,57-66H,10-15,17-19H2,1-9H3,(H,67,68)(H,69,70)/t20-,22?,24+,25?,26-,27+,28-,29+,30+,31-,32-,33-,34-,35-,36+,37+,38-,39-,40+,41+,42?,45-,46-,47+,48-,51+,52-,53+,54+/m0/s1. The van der Waals surface area contributed by atoms with Gasteiger partial charge in [0.15, 0.2) is 43.2 Å². The van der Waals surface area contributed by atoms with Gasteiger partial charge in [0.2, 0.25) is 0 Å². The predicted molar refractivity (Wildman–Crippen MR) is 263 cm³/mol. The van der Waals surface area contributed by atoms with E-state index in [9.17, 15) is 76.0 Å². The molecule has 4 saturated carbocycles. The third-order valence-electron chi connectivity index (χ3n) is 21.2. The molecule has 9 aliphatic rings. The molecule has 444 valence electrons. The van der Waals surface area contributed by atoms with Crippen LogP contribution < -0.4 is 0 Å². The molecule has 9 rings (SSSR count). The van der Waals surface area contributed by atoms with Gasteiger partial charge in [-0.1, -0.05) is 61.0 Å². The number of allylic oxidation sites excluding steroid dienone is 2. The SMILES string of the molecule is C[C@@H]1O[C@@H](O[C@H]2[C@H](O[C@H]3[C@H](O[C@H]4CC[C@@]5(C)C(CC[C@]6(C)C5C(=O)C=C5C7CC(C)(C)C[C@@H](O[C@@H]8O[C@H](CO)[C@@H](O)[C@H](O)[C@H]8O)[C@]7(C)CC[C@]56C)C4(C)C)O[C@H](C(=O)O)[C@@H](O)[C@@H]3O)O[C@H](C(=O)O)[C@@H](O)[C@@H]2O)[C@H](O)[C@H](O)[C@H]1O. The molecule has 8 fully saturated rings. The fraction of sp³-hybridized carbons (Fsp3) is 0.907. The van der Waals surface area contributed by atoms with Crippen LogP contribution in [0.2, 0.25) is 0 Å². The summed E-state index contributed by atoms with van der Waals surface area (Å²) < 4.78 is 48.3. The number of aliphatic hydroxyl groups excluding tert-OH is 11. The van der Waals surface area contributed by atoms with Crippen molar-refractivity contribution < 1.29 is 119 Å². The van der Waals surface area contributed by atoms with Crippen LogP contribution in [0.1, 0.15) is 114 Å². The summed E-state index contributed by atoms with van der Waals surface area (Å²) in [4.78, 5) is 40.3. The molecule has 0 aromatic carbocycles. The Morgan fingerprint density at radius 2 is 1.09 bits per heavy atom. The Hall–Kier alpha value is -2.41. The van der Waals surface area contributed by atoms with Crippen LogP contribution in [-0.2, 0) is 52.3 Å². The van der Waals surface area contributed by atoms with Crippen molar-refractivity contribution in [3.05, 3.63) is 11.6 Å². The third kappa shape index (κ3) is 9.54. The molecule has 0 amide bonds. The molecule has 0 radical (unpaired) electrons. The van der Waals surface area contributed by atoms with Gasteiger partial charge in [0.25, 0.3) is 0 Å². The van der Waals surface area contributed by atoms with Gasteiger partial charge in [-0.2, -0.15) is 0 Å². The number of carbonyl (C=O) groups is 3. The van der Waals surface area contributed by atoms with Crippen LogP contribution in [0.3, 0.4) is 0 Å². The molecule has 4 aliphatic heterocycles. The molecule has 24 nitrogen and oxygen atoms in total. The highest BCUT2D eigenvalue weighted by molar-refractivity contribution is 5.95. The molecule has 0 spiro atoms. The third-order valence-corrected chi connectivity index (χ3v) is 21.2. The summed E-state index contributed by atoms with van der Waals surface area (Å²) in [5.41, 5.74) is -2.23. The number of ketones is 1. The summed E-state index contributed by atoms with van der Waals surface area (Å²) in [6, 6.07) is 0. The summed E-state index contributed by atoms with van der Waals surface area (Å²) in [5.74, 6) is -4.21. The first-order valence-electron chi connectivity index (χ1n) is 27.6. The highest BCUT2D eigenvalue weighted by Crippen LogP contribution is 2.75. The van der Waals surface area contributed by atoms with Gasteiger partial charge in [-0.15, -0.1) is 0 Å². The highest BCUT2D eigenvalue weighted by Gasteiger charge is 2.72. The van der Waals surface area contributed by atoms with E-state index in [0.29, 0.717) is 38.5 Å². The van der Waals surface area contributed by atoms with Gasteiger partial charge in [-0.05, 0) is 103 Å². The number of hydrogen-bond donors (Lipinski definition) is 13. The largest absolute Gasteiger partial charge is 0.479 e. The maximum atomic E-state index is 15.4. The summed E-state index contributed by atoms with van der Waals surface area (Å²) in [7, 11) is 0. The van der Waals surface area contributed by atoms with Gasteiger partial charge < -0.3 is 104 Å². The van der Waals surface area contributed by atoms with Gasteiger partial charge in [0, 0.05) is 11.3 Å². The molecule has 13 N–H and O–H groups in total. The summed E-state index contributed by atoms with van der Waals surface area (Å²) >= 11 is 0. The molecule has 4 saturated heterocycles. The Labute approximate surface area is 452 Å². The number of hydrogen-bond acceptors (Lipinski definition) is 22. The van der Waals surface area contributed by atoms with Crippen molar-refractivity contribution in [2.45, 2.75) is 249 Å². The number of fused-ring (bicyclic) bond motifs is 7. The van der Waals surface area contributed by atoms with Crippen molar-refractivity contribution in [3.8, 4) is 0 Å². The first-order valence-corrected chi connectivity index (χ1v) is 27.6. The Balaban J connectivity index is 0.986. The van der Waals surface area contributed by atoms with E-state index in [4.69, 9.17) is 37.9 Å². The number of carbonyl (C=O) groups excluding carboxylic acids is 1. The molecule has 29 atom stereocenters. The second kappa shape index (κ2) is 21.0. The van der Waals surface area contributed by atoms with E-state index in [2.05, 4.69) is 41.5 Å². The number of aliphatic carboxylic acids is 2. The monoisotopic (exact) mass is 1120 g/mol. The first-order chi connectivity index (χ1) is 36.2. The topological polar surface area (TPSA) is 388 Å². The number of aliphatic hydroxyl groups is 11. The first kappa shape index (κ1) is 60.2. The molecular weight excluding hydrogens is 1030 g/mol. The van der Waals surface area contributed by atoms with Crippen molar-refractivity contribution in [3.63, 3.8) is 0 Å². The molecule has 0 aromatic rings. The molecular formula is C54H84O24. The van der Waals surface area contributed by atoms with Gasteiger partial charge in [0.1, 0.15) is 79.4 Å². The lowest BCUT2D eigenvalue weighted by Gasteiger charge is -2.71. The fourth-order valence-corrected chi connectivity index (χ4v) is 16.4. The van der Waals surface area contributed by atoms with E-state index in [1.165, 1.54) is 6.92 Å². The van der Waals surface area contributed by atoms with Gasteiger partial charge in [-0.25, -0.2) is 9.59 Å². The maximum Gasteiger partial charge on any atom is 0.335 e. The highest BCUT2D eigenvalue weighted by atomic mass is 16.8. The van der Waals surface area contributed by atoms with Crippen molar-refractivity contribution in [1.29, 1.82) is 0 Å². The fourth-order valence-electron chi connectivity index (χ4n) is 16.4. The lowest BCUT2D eigenvalue weighted by atomic mass is 9.33. The molecule has 3 unspecified atom stereocenters. The van der Waals surface area contributed by atoms with Gasteiger partial charge in [-0.3, -0.25) is 4.79 Å². The number of ether oxygens (including phenoxy) is 8. The molecule has 0 bridgehead atoms. The lowest BCUT2D eigenvalue weighted by molar-refractivity contribution is -0.392. The average molecular weight is 1120 g/mol. The number of rotatable bonds is 11. The summed E-state index contributed by atoms with van der Waals surface area (Å²) in [6.07, 6.45) is -31.0. The Morgan fingerprint density at radius 1 is 0.564 bits per heavy atom. The summed E-state index contributed by atoms with van der Waals surface area (Å²) in [6.45, 7) is 17.8. The molecule has 5 aliphatic carbocycles. The Bertz CT molecular complexity index is 2280. The van der Waals surface area contributed by atoms with E-state index in [0.717, 1.165) is 12.0 Å². The van der Waals surface area contributed by atoms with Crippen LogP contribution in [0.25, 0.3) is 0 Å². The van der Waals surface area contributed by atoms with E-state index in [-0.39, 0.29) is 29.5 Å². The number of carboxylic acid groups (broad SMARTS) is 2. The second-order valence-electron chi connectivity index (χ2n) is 26.6. The second-order valence-corrected chi connectivity index (χ2v) is 26.6. The molecule has 4 heterocycles. The predicted octanol–water partition coefficient (Wildman–Crippen LogP) is -1.17. The van der Waals surface area contributed by atoms with E-state index in [1.807, 2.05) is 19.9 Å². The zero-order valence-corrected chi connectivity index (χ0v) is 45.7. The minimum Gasteiger partial charge on any atom is -0.479 e. The van der Waals surface area contributed by atoms with Crippen LogP contribution in [-0.4, -0.2) is 226 Å². The van der Waals surface area contributed by atoms with Crippen LogP contribution in [0, 0.1) is 50.2 Å². The van der Waals surface area contributed by atoms with Crippen molar-refractivity contribution in [2.24, 2.45) is 50.2 Å².